The molecule has 2 aliphatic rings. The molecule has 1 saturated heterocycles. The highest BCUT2D eigenvalue weighted by atomic mass is 16.5. The fraction of sp³-hybridized carbons (Fsp3) is 0.667. The quantitative estimate of drug-likeness (QED) is 0.921. The van der Waals surface area contributed by atoms with Gasteiger partial charge in [-0.15, -0.1) is 0 Å². The normalized spacial score (nSPS) is 27.8. The maximum atomic E-state index is 5.43. The van der Waals surface area contributed by atoms with E-state index < -0.39 is 0 Å². The first-order chi connectivity index (χ1) is 10.1. The predicted octanol–water partition coefficient (Wildman–Crippen LogP) is 3.14. The number of likely N-dealkylation sites (N-methyl/N-ethyl adjacent to an activating group) is 1. The largest absolute Gasteiger partial charge is 0.497 e. The van der Waals surface area contributed by atoms with Gasteiger partial charge in [-0.2, -0.15) is 0 Å². The minimum atomic E-state index is 0.324. The molecule has 0 amide bonds. The lowest BCUT2D eigenvalue weighted by Gasteiger charge is -2.39. The zero-order valence-electron chi connectivity index (χ0n) is 13.8. The van der Waals surface area contributed by atoms with Crippen molar-refractivity contribution >= 4 is 0 Å². The Morgan fingerprint density at radius 1 is 1.38 bits per heavy atom. The molecule has 1 N–H and O–H groups in total. The van der Waals surface area contributed by atoms with Crippen molar-refractivity contribution in [3.8, 4) is 5.75 Å². The first kappa shape index (κ1) is 14.9. The summed E-state index contributed by atoms with van der Waals surface area (Å²) in [5.74, 6) is 0.970. The molecular formula is C18H28N2O. The Bertz CT molecular complexity index is 512. The molecule has 0 bridgehead atoms. The molecule has 1 aliphatic carbocycles. The molecule has 1 aromatic rings. The second kappa shape index (κ2) is 5.62. The molecular weight excluding hydrogens is 260 g/mol. The number of benzene rings is 1. The number of likely N-dealkylation sites (tertiary alicyclic amines) is 1. The molecule has 3 rings (SSSR count). The monoisotopic (exact) mass is 288 g/mol. The lowest BCUT2D eigenvalue weighted by Crippen LogP contribution is -2.49. The second-order valence-electron chi connectivity index (χ2n) is 6.98. The number of hydrogen-bond donors (Lipinski definition) is 1. The molecule has 3 nitrogen and oxygen atoms in total. The number of fused-ring (bicyclic) bond motifs is 1. The molecule has 21 heavy (non-hydrogen) atoms. The Balaban J connectivity index is 1.93. The molecule has 1 aliphatic heterocycles. The Morgan fingerprint density at radius 2 is 2.19 bits per heavy atom. The molecule has 2 unspecified atom stereocenters. The number of nitrogens with zero attached hydrogens (tertiary/aromatic N) is 1. The third-order valence-electron chi connectivity index (χ3n) is 5.29. The molecule has 1 aromatic carbocycles. The van der Waals surface area contributed by atoms with E-state index >= 15 is 0 Å². The van der Waals surface area contributed by atoms with Gasteiger partial charge in [-0.25, -0.2) is 0 Å². The Labute approximate surface area is 128 Å². The Hall–Kier alpha value is -1.06. The Kier molecular flexibility index (Phi) is 3.98. The summed E-state index contributed by atoms with van der Waals surface area (Å²) >= 11 is 0. The van der Waals surface area contributed by atoms with Gasteiger partial charge in [0.1, 0.15) is 5.75 Å². The summed E-state index contributed by atoms with van der Waals surface area (Å²) in [6.45, 7) is 9.22. The van der Waals surface area contributed by atoms with Gasteiger partial charge in [0.25, 0.3) is 0 Å². The smallest absolute Gasteiger partial charge is 0.119 e. The van der Waals surface area contributed by atoms with Crippen molar-refractivity contribution in [2.75, 3.05) is 20.2 Å². The van der Waals surface area contributed by atoms with Gasteiger partial charge in [-0.1, -0.05) is 13.0 Å². The molecule has 1 heterocycles. The van der Waals surface area contributed by atoms with Gasteiger partial charge in [-0.3, -0.25) is 4.90 Å². The van der Waals surface area contributed by atoms with Gasteiger partial charge in [0.05, 0.1) is 7.11 Å². The van der Waals surface area contributed by atoms with Crippen LogP contribution in [0.15, 0.2) is 18.2 Å². The predicted molar refractivity (Wildman–Crippen MR) is 86.9 cm³/mol. The van der Waals surface area contributed by atoms with Crippen LogP contribution in [0.2, 0.25) is 0 Å². The third kappa shape index (κ3) is 2.58. The third-order valence-corrected chi connectivity index (χ3v) is 5.29. The summed E-state index contributed by atoms with van der Waals surface area (Å²) in [7, 11) is 1.75. The maximum absolute atomic E-state index is 5.43. The second-order valence-corrected chi connectivity index (χ2v) is 6.98. The van der Waals surface area contributed by atoms with E-state index in [0.29, 0.717) is 17.6 Å². The average Bonchev–Trinajstić information content (AvgIpc) is 2.98. The number of ether oxygens (including phenoxy) is 1. The topological polar surface area (TPSA) is 24.5 Å². The molecule has 0 radical (unpaired) electrons. The van der Waals surface area contributed by atoms with Crippen molar-refractivity contribution in [1.29, 1.82) is 0 Å². The van der Waals surface area contributed by atoms with Gasteiger partial charge in [0.15, 0.2) is 0 Å². The maximum Gasteiger partial charge on any atom is 0.119 e. The lowest BCUT2D eigenvalue weighted by molar-refractivity contribution is 0.0964. The van der Waals surface area contributed by atoms with E-state index in [9.17, 15) is 0 Å². The van der Waals surface area contributed by atoms with Crippen molar-refractivity contribution in [2.45, 2.75) is 57.7 Å². The van der Waals surface area contributed by atoms with Gasteiger partial charge >= 0.3 is 0 Å². The first-order valence-corrected chi connectivity index (χ1v) is 8.24. The zero-order valence-corrected chi connectivity index (χ0v) is 13.8. The number of hydrogen-bond acceptors (Lipinski definition) is 3. The van der Waals surface area contributed by atoms with Crippen LogP contribution in [-0.4, -0.2) is 36.7 Å². The summed E-state index contributed by atoms with van der Waals surface area (Å²) in [5.41, 5.74) is 3.24. The van der Waals surface area contributed by atoms with Crippen LogP contribution in [0.3, 0.4) is 0 Å². The van der Waals surface area contributed by atoms with Crippen LogP contribution < -0.4 is 10.1 Å². The molecule has 1 fully saturated rings. The van der Waals surface area contributed by atoms with E-state index in [0.717, 1.165) is 18.7 Å². The summed E-state index contributed by atoms with van der Waals surface area (Å²) in [6.07, 6.45) is 3.78. The highest BCUT2D eigenvalue weighted by Gasteiger charge is 2.43. The zero-order chi connectivity index (χ0) is 15.0. The minimum Gasteiger partial charge on any atom is -0.497 e. The van der Waals surface area contributed by atoms with Crippen molar-refractivity contribution < 1.29 is 4.74 Å². The van der Waals surface area contributed by atoms with E-state index in [2.05, 4.69) is 49.2 Å². The summed E-state index contributed by atoms with van der Waals surface area (Å²) < 4.78 is 5.43. The molecule has 3 heteroatoms. The van der Waals surface area contributed by atoms with Crippen LogP contribution in [0.4, 0.5) is 0 Å². The molecule has 0 saturated carbocycles. The SMILES string of the molecule is CCNC1c2cc(OC)ccc2CC1N1CCCC1(C)C. The number of rotatable bonds is 4. The van der Waals surface area contributed by atoms with E-state index in [1.807, 2.05) is 0 Å². The van der Waals surface area contributed by atoms with Crippen LogP contribution in [0.5, 0.6) is 5.75 Å². The standard InChI is InChI=1S/C18H28N2O/c1-5-19-17-15-12-14(21-4)8-7-13(15)11-16(17)20-10-6-9-18(20,2)3/h7-8,12,16-17,19H,5-6,9-11H2,1-4H3. The van der Waals surface area contributed by atoms with Crippen molar-refractivity contribution in [2.24, 2.45) is 0 Å². The fourth-order valence-corrected chi connectivity index (χ4v) is 4.22. The molecule has 2 atom stereocenters. The van der Waals surface area contributed by atoms with E-state index in [-0.39, 0.29) is 0 Å². The van der Waals surface area contributed by atoms with E-state index in [1.165, 1.54) is 30.5 Å². The van der Waals surface area contributed by atoms with Gasteiger partial charge in [0, 0.05) is 17.6 Å². The number of methoxy groups -OCH3 is 1. The summed E-state index contributed by atoms with van der Waals surface area (Å²) in [5, 5.41) is 3.72. The minimum absolute atomic E-state index is 0.324. The highest BCUT2D eigenvalue weighted by molar-refractivity contribution is 5.43. The highest BCUT2D eigenvalue weighted by Crippen LogP contribution is 2.42. The molecule has 116 valence electrons. The fourth-order valence-electron chi connectivity index (χ4n) is 4.22. The van der Waals surface area contributed by atoms with Crippen LogP contribution in [0, 0.1) is 0 Å². The van der Waals surface area contributed by atoms with Gasteiger partial charge in [0.2, 0.25) is 0 Å². The van der Waals surface area contributed by atoms with Crippen molar-refractivity contribution in [1.82, 2.24) is 10.2 Å². The van der Waals surface area contributed by atoms with Crippen LogP contribution in [-0.2, 0) is 6.42 Å². The van der Waals surface area contributed by atoms with Crippen molar-refractivity contribution in [3.05, 3.63) is 29.3 Å². The van der Waals surface area contributed by atoms with Crippen LogP contribution >= 0.6 is 0 Å². The Morgan fingerprint density at radius 3 is 2.81 bits per heavy atom. The van der Waals surface area contributed by atoms with E-state index in [1.54, 1.807) is 7.11 Å². The van der Waals surface area contributed by atoms with E-state index in [4.69, 9.17) is 4.74 Å². The summed E-state index contributed by atoms with van der Waals surface area (Å²) in [4.78, 5) is 2.73. The number of nitrogens with one attached hydrogen (secondary N) is 1. The van der Waals surface area contributed by atoms with Gasteiger partial charge < -0.3 is 10.1 Å². The van der Waals surface area contributed by atoms with Crippen molar-refractivity contribution in [3.63, 3.8) is 0 Å². The lowest BCUT2D eigenvalue weighted by atomic mass is 9.98. The average molecular weight is 288 g/mol. The first-order valence-electron chi connectivity index (χ1n) is 8.24. The van der Waals surface area contributed by atoms with Crippen LogP contribution in [0.1, 0.15) is 50.8 Å². The van der Waals surface area contributed by atoms with Gasteiger partial charge in [-0.05, 0) is 69.5 Å². The summed E-state index contributed by atoms with van der Waals surface area (Å²) in [6, 6.07) is 7.58. The molecule has 0 spiro atoms. The van der Waals surface area contributed by atoms with Crippen LogP contribution in [0.25, 0.3) is 0 Å². The molecule has 0 aromatic heterocycles.